The van der Waals surface area contributed by atoms with E-state index in [9.17, 15) is 9.59 Å². The monoisotopic (exact) mass is 212 g/mol. The van der Waals surface area contributed by atoms with Gasteiger partial charge in [-0.3, -0.25) is 4.79 Å². The van der Waals surface area contributed by atoms with Gasteiger partial charge in [-0.1, -0.05) is 0 Å². The first-order chi connectivity index (χ1) is 7.18. The van der Waals surface area contributed by atoms with Gasteiger partial charge in [0.2, 0.25) is 5.91 Å². The third-order valence-corrected chi connectivity index (χ3v) is 3.19. The molecular formula is C10H16N2O3. The number of carboxylic acids is 1. The van der Waals surface area contributed by atoms with E-state index in [0.29, 0.717) is 25.3 Å². The Balaban J connectivity index is 1.90. The van der Waals surface area contributed by atoms with Crippen LogP contribution >= 0.6 is 0 Å². The Labute approximate surface area is 88.4 Å². The Morgan fingerprint density at radius 3 is 2.67 bits per heavy atom. The predicted octanol–water partition coefficient (Wildman–Crippen LogP) is -0.329. The van der Waals surface area contributed by atoms with Gasteiger partial charge in [-0.25, -0.2) is 4.79 Å². The lowest BCUT2D eigenvalue weighted by Gasteiger charge is -2.29. The van der Waals surface area contributed by atoms with Gasteiger partial charge >= 0.3 is 5.97 Å². The molecule has 0 aromatic rings. The van der Waals surface area contributed by atoms with Crippen molar-refractivity contribution < 1.29 is 14.7 Å². The van der Waals surface area contributed by atoms with Crippen LogP contribution in [0.15, 0.2) is 0 Å². The van der Waals surface area contributed by atoms with Crippen molar-refractivity contribution in [1.82, 2.24) is 10.2 Å². The highest BCUT2D eigenvalue weighted by Gasteiger charge is 2.35. The van der Waals surface area contributed by atoms with Gasteiger partial charge in [-0.15, -0.1) is 0 Å². The Kier molecular flexibility index (Phi) is 2.90. The second-order valence-electron chi connectivity index (χ2n) is 4.31. The number of amides is 1. The number of likely N-dealkylation sites (tertiary alicyclic amines) is 1. The smallest absolute Gasteiger partial charge is 0.326 e. The van der Waals surface area contributed by atoms with E-state index >= 15 is 0 Å². The number of rotatable bonds is 3. The summed E-state index contributed by atoms with van der Waals surface area (Å²) in [6.45, 7) is 2.38. The van der Waals surface area contributed by atoms with E-state index in [-0.39, 0.29) is 5.91 Å². The third kappa shape index (κ3) is 2.12. The number of hydrogen-bond acceptors (Lipinski definition) is 3. The van der Waals surface area contributed by atoms with Crippen molar-refractivity contribution in [2.24, 2.45) is 5.92 Å². The minimum atomic E-state index is -0.868. The first kappa shape index (κ1) is 10.4. The van der Waals surface area contributed by atoms with Gasteiger partial charge in [0, 0.05) is 13.0 Å². The van der Waals surface area contributed by atoms with Crippen molar-refractivity contribution in [3.63, 3.8) is 0 Å². The standard InChI is InChI=1S/C10H16N2O3/c13-9(4-7-5-11-6-7)12-3-1-2-8(12)10(14)15/h7-8,11H,1-6H2,(H,14,15)/t8-/m0/s1. The summed E-state index contributed by atoms with van der Waals surface area (Å²) in [6, 6.07) is -0.578. The van der Waals surface area contributed by atoms with Crippen LogP contribution in [0, 0.1) is 5.92 Å². The first-order valence-corrected chi connectivity index (χ1v) is 5.41. The van der Waals surface area contributed by atoms with Crippen molar-refractivity contribution in [1.29, 1.82) is 0 Å². The second kappa shape index (κ2) is 4.18. The Morgan fingerprint density at radius 2 is 2.13 bits per heavy atom. The van der Waals surface area contributed by atoms with E-state index in [0.717, 1.165) is 19.5 Å². The minimum absolute atomic E-state index is 0.00593. The number of carbonyl (C=O) groups excluding carboxylic acids is 1. The molecule has 2 rings (SSSR count). The fourth-order valence-corrected chi connectivity index (χ4v) is 2.18. The lowest BCUT2D eigenvalue weighted by molar-refractivity contribution is -0.148. The zero-order valence-electron chi connectivity index (χ0n) is 8.61. The molecule has 0 bridgehead atoms. The molecule has 1 amide bonds. The van der Waals surface area contributed by atoms with Gasteiger partial charge in [0.05, 0.1) is 0 Å². The predicted molar refractivity (Wildman–Crippen MR) is 53.3 cm³/mol. The van der Waals surface area contributed by atoms with Crippen LogP contribution in [0.1, 0.15) is 19.3 Å². The van der Waals surface area contributed by atoms with Crippen LogP contribution in [0.3, 0.4) is 0 Å². The molecule has 2 aliphatic heterocycles. The molecule has 2 aliphatic rings. The van der Waals surface area contributed by atoms with Crippen LogP contribution < -0.4 is 5.32 Å². The summed E-state index contributed by atoms with van der Waals surface area (Å²) < 4.78 is 0. The third-order valence-electron chi connectivity index (χ3n) is 3.19. The molecule has 5 nitrogen and oxygen atoms in total. The van der Waals surface area contributed by atoms with Crippen molar-refractivity contribution in [2.75, 3.05) is 19.6 Å². The topological polar surface area (TPSA) is 69.6 Å². The maximum Gasteiger partial charge on any atom is 0.326 e. The van der Waals surface area contributed by atoms with Crippen LogP contribution in [-0.2, 0) is 9.59 Å². The zero-order valence-corrected chi connectivity index (χ0v) is 8.61. The Hall–Kier alpha value is -1.10. The molecule has 0 spiro atoms. The molecule has 2 fully saturated rings. The van der Waals surface area contributed by atoms with E-state index in [1.54, 1.807) is 0 Å². The number of carbonyl (C=O) groups is 2. The molecule has 1 atom stereocenters. The van der Waals surface area contributed by atoms with Crippen molar-refractivity contribution in [3.05, 3.63) is 0 Å². The normalized spacial score (nSPS) is 26.4. The van der Waals surface area contributed by atoms with Crippen LogP contribution in [0.25, 0.3) is 0 Å². The number of nitrogens with zero attached hydrogens (tertiary/aromatic N) is 1. The van der Waals surface area contributed by atoms with E-state index in [4.69, 9.17) is 5.11 Å². The molecule has 0 aliphatic carbocycles. The van der Waals surface area contributed by atoms with Gasteiger partial charge in [0.15, 0.2) is 0 Å². The highest BCUT2D eigenvalue weighted by molar-refractivity contribution is 5.84. The number of hydrogen-bond donors (Lipinski definition) is 2. The van der Waals surface area contributed by atoms with Crippen LogP contribution in [0.4, 0.5) is 0 Å². The molecule has 2 heterocycles. The minimum Gasteiger partial charge on any atom is -0.480 e. The van der Waals surface area contributed by atoms with Gasteiger partial charge < -0.3 is 15.3 Å². The largest absolute Gasteiger partial charge is 0.480 e. The van der Waals surface area contributed by atoms with E-state index in [1.807, 2.05) is 0 Å². The summed E-state index contributed by atoms with van der Waals surface area (Å²) in [7, 11) is 0. The quantitative estimate of drug-likeness (QED) is 0.672. The molecule has 0 aromatic heterocycles. The van der Waals surface area contributed by atoms with Crippen molar-refractivity contribution >= 4 is 11.9 Å². The lowest BCUT2D eigenvalue weighted by Crippen LogP contribution is -2.47. The molecule has 84 valence electrons. The molecule has 2 saturated heterocycles. The van der Waals surface area contributed by atoms with Crippen LogP contribution in [0.5, 0.6) is 0 Å². The summed E-state index contributed by atoms with van der Waals surface area (Å²) in [5.41, 5.74) is 0. The first-order valence-electron chi connectivity index (χ1n) is 5.41. The zero-order chi connectivity index (χ0) is 10.8. The van der Waals surface area contributed by atoms with E-state index in [1.165, 1.54) is 4.90 Å². The van der Waals surface area contributed by atoms with Crippen molar-refractivity contribution in [3.8, 4) is 0 Å². The van der Waals surface area contributed by atoms with Gasteiger partial charge in [-0.2, -0.15) is 0 Å². The average Bonchev–Trinajstić information content (AvgIpc) is 2.59. The van der Waals surface area contributed by atoms with E-state index < -0.39 is 12.0 Å². The lowest BCUT2D eigenvalue weighted by atomic mass is 9.98. The molecule has 5 heteroatoms. The Bertz CT molecular complexity index is 276. The maximum absolute atomic E-state index is 11.8. The molecule has 0 aromatic carbocycles. The molecule has 15 heavy (non-hydrogen) atoms. The average molecular weight is 212 g/mol. The van der Waals surface area contributed by atoms with Crippen LogP contribution in [0.2, 0.25) is 0 Å². The molecule has 2 N–H and O–H groups in total. The van der Waals surface area contributed by atoms with Crippen molar-refractivity contribution in [2.45, 2.75) is 25.3 Å². The SMILES string of the molecule is O=C(O)[C@@H]1CCCN1C(=O)CC1CNC1. The van der Waals surface area contributed by atoms with Gasteiger partial charge in [-0.05, 0) is 31.8 Å². The molecule has 0 saturated carbocycles. The highest BCUT2D eigenvalue weighted by atomic mass is 16.4. The summed E-state index contributed by atoms with van der Waals surface area (Å²) in [4.78, 5) is 24.2. The second-order valence-corrected chi connectivity index (χ2v) is 4.31. The summed E-state index contributed by atoms with van der Waals surface area (Å²) in [5, 5.41) is 12.0. The number of nitrogens with one attached hydrogen (secondary N) is 1. The fourth-order valence-electron chi connectivity index (χ4n) is 2.18. The van der Waals surface area contributed by atoms with Crippen LogP contribution in [-0.4, -0.2) is 47.6 Å². The number of carboxylic acid groups (broad SMARTS) is 1. The van der Waals surface area contributed by atoms with Gasteiger partial charge in [0.1, 0.15) is 6.04 Å². The number of aliphatic carboxylic acids is 1. The summed E-state index contributed by atoms with van der Waals surface area (Å²) in [6.07, 6.45) is 1.91. The molecule has 0 radical (unpaired) electrons. The fraction of sp³-hybridized carbons (Fsp3) is 0.800. The summed E-state index contributed by atoms with van der Waals surface area (Å²) in [5.74, 6) is -0.452. The highest BCUT2D eigenvalue weighted by Crippen LogP contribution is 2.20. The maximum atomic E-state index is 11.8. The van der Waals surface area contributed by atoms with Gasteiger partial charge in [0.25, 0.3) is 0 Å². The molecule has 0 unspecified atom stereocenters. The molecular weight excluding hydrogens is 196 g/mol. The van der Waals surface area contributed by atoms with E-state index in [2.05, 4.69) is 5.32 Å². The summed E-state index contributed by atoms with van der Waals surface area (Å²) >= 11 is 0. The Morgan fingerprint density at radius 1 is 1.40 bits per heavy atom.